The Morgan fingerprint density at radius 2 is 1.79 bits per heavy atom. The second kappa shape index (κ2) is 8.32. The Bertz CT molecular complexity index is 944. The van der Waals surface area contributed by atoms with Crippen molar-refractivity contribution < 1.29 is 18.3 Å². The summed E-state index contributed by atoms with van der Waals surface area (Å²) in [5.41, 5.74) is -0.358. The van der Waals surface area contributed by atoms with Crippen LogP contribution in [0.2, 0.25) is 0 Å². The van der Waals surface area contributed by atoms with Crippen LogP contribution in [0.3, 0.4) is 0 Å². The molecule has 2 aromatic rings. The molecule has 29 heavy (non-hydrogen) atoms. The molecule has 0 bridgehead atoms. The summed E-state index contributed by atoms with van der Waals surface area (Å²) in [6.45, 7) is 5.46. The third-order valence-electron chi connectivity index (χ3n) is 5.04. The molecule has 1 aliphatic carbocycles. The fourth-order valence-corrected chi connectivity index (χ4v) is 3.68. The van der Waals surface area contributed by atoms with Crippen molar-refractivity contribution in [3.63, 3.8) is 0 Å². The van der Waals surface area contributed by atoms with Gasteiger partial charge in [-0.15, -0.1) is 0 Å². The van der Waals surface area contributed by atoms with Gasteiger partial charge < -0.3 is 4.74 Å². The molecule has 3 rings (SSSR count). The van der Waals surface area contributed by atoms with Crippen molar-refractivity contribution in [2.24, 2.45) is 0 Å². The number of ether oxygens (including phenoxy) is 1. The number of aromatic nitrogens is 1. The highest BCUT2D eigenvalue weighted by atomic mass is 19.1. The lowest BCUT2D eigenvalue weighted by molar-refractivity contribution is -0.164. The first-order valence-electron chi connectivity index (χ1n) is 9.87. The second-order valence-corrected chi connectivity index (χ2v) is 8.45. The van der Waals surface area contributed by atoms with Crippen LogP contribution in [-0.2, 0) is 14.9 Å². The Morgan fingerprint density at radius 3 is 2.38 bits per heavy atom. The fourth-order valence-electron chi connectivity index (χ4n) is 3.68. The lowest BCUT2D eigenvalue weighted by Crippen LogP contribution is -2.43. The zero-order valence-electron chi connectivity index (χ0n) is 17.0. The summed E-state index contributed by atoms with van der Waals surface area (Å²) in [6.07, 6.45) is 4.97. The molecule has 152 valence electrons. The van der Waals surface area contributed by atoms with E-state index in [0.29, 0.717) is 29.7 Å². The molecule has 1 fully saturated rings. The lowest BCUT2D eigenvalue weighted by Gasteiger charge is -2.37. The molecule has 0 saturated heterocycles. The molecule has 0 amide bonds. The number of hydrogen-bond acceptors (Lipinski definition) is 3. The van der Waals surface area contributed by atoms with Gasteiger partial charge in [-0.1, -0.05) is 31.2 Å². The van der Waals surface area contributed by atoms with Crippen LogP contribution in [0.15, 0.2) is 36.5 Å². The number of pyridine rings is 1. The summed E-state index contributed by atoms with van der Waals surface area (Å²) < 4.78 is 33.7. The maximum absolute atomic E-state index is 15.1. The Balaban J connectivity index is 1.92. The molecule has 1 heterocycles. The van der Waals surface area contributed by atoms with Crippen LogP contribution in [0.1, 0.15) is 69.7 Å². The van der Waals surface area contributed by atoms with E-state index in [1.54, 1.807) is 12.1 Å². The molecule has 3 nitrogen and oxygen atoms in total. The van der Waals surface area contributed by atoms with Gasteiger partial charge in [-0.3, -0.25) is 4.79 Å². The monoisotopic (exact) mass is 397 g/mol. The summed E-state index contributed by atoms with van der Waals surface area (Å²) in [4.78, 5) is 16.9. The second-order valence-electron chi connectivity index (χ2n) is 8.45. The van der Waals surface area contributed by atoms with Gasteiger partial charge in [-0.2, -0.15) is 0 Å². The maximum Gasteiger partial charge on any atom is 0.317 e. The number of halogens is 2. The number of esters is 1. The summed E-state index contributed by atoms with van der Waals surface area (Å²) >= 11 is 0. The van der Waals surface area contributed by atoms with E-state index in [2.05, 4.69) is 16.8 Å². The number of benzene rings is 1. The van der Waals surface area contributed by atoms with Crippen molar-refractivity contribution in [3.05, 3.63) is 65.0 Å². The molecule has 1 aliphatic rings. The highest BCUT2D eigenvalue weighted by Gasteiger charge is 2.45. The summed E-state index contributed by atoms with van der Waals surface area (Å²) in [6, 6.07) is 7.43. The number of rotatable bonds is 2. The Labute approximate surface area is 170 Å². The van der Waals surface area contributed by atoms with Gasteiger partial charge in [0.2, 0.25) is 0 Å². The summed E-state index contributed by atoms with van der Waals surface area (Å²) in [5.74, 6) is 4.37. The van der Waals surface area contributed by atoms with Gasteiger partial charge in [-0.05, 0) is 63.8 Å². The van der Waals surface area contributed by atoms with Gasteiger partial charge in [-0.25, -0.2) is 13.8 Å². The third kappa shape index (κ3) is 5.00. The van der Waals surface area contributed by atoms with Crippen LogP contribution in [-0.4, -0.2) is 16.6 Å². The van der Waals surface area contributed by atoms with Crippen LogP contribution in [0.25, 0.3) is 0 Å². The maximum atomic E-state index is 15.1. The van der Waals surface area contributed by atoms with Gasteiger partial charge in [0.25, 0.3) is 0 Å². The first kappa shape index (κ1) is 21.0. The van der Waals surface area contributed by atoms with E-state index in [1.165, 1.54) is 18.2 Å². The predicted octanol–water partition coefficient (Wildman–Crippen LogP) is 5.30. The molecule has 1 saturated carbocycles. The minimum atomic E-state index is -0.958. The van der Waals surface area contributed by atoms with Gasteiger partial charge in [0.15, 0.2) is 0 Å². The topological polar surface area (TPSA) is 39.2 Å². The first-order chi connectivity index (χ1) is 13.7. The largest absolute Gasteiger partial charge is 0.459 e. The zero-order chi connectivity index (χ0) is 21.1. The first-order valence-corrected chi connectivity index (χ1v) is 9.87. The van der Waals surface area contributed by atoms with Crippen LogP contribution >= 0.6 is 0 Å². The van der Waals surface area contributed by atoms with Crippen LogP contribution in [0, 0.1) is 23.5 Å². The fraction of sp³-hybridized carbons (Fsp3) is 0.417. The van der Waals surface area contributed by atoms with E-state index in [4.69, 9.17) is 4.74 Å². The normalized spacial score (nSPS) is 15.9. The van der Waals surface area contributed by atoms with E-state index in [-0.39, 0.29) is 5.97 Å². The predicted molar refractivity (Wildman–Crippen MR) is 107 cm³/mol. The van der Waals surface area contributed by atoms with E-state index < -0.39 is 22.7 Å². The Hall–Kier alpha value is -2.74. The standard InChI is InChI=1S/C24H25F2NO2/c1-23(2,3)29-22(28)24(13-5-4-6-14-24)20-12-8-17(15-21(20)26)7-10-19-11-9-18(25)16-27-19/h8-9,11-12,15-16H,4-6,13-14H2,1-3H3. The zero-order valence-corrected chi connectivity index (χ0v) is 17.0. The lowest BCUT2D eigenvalue weighted by atomic mass is 9.69. The van der Waals surface area contributed by atoms with Crippen molar-refractivity contribution in [2.45, 2.75) is 63.9 Å². The molecule has 0 radical (unpaired) electrons. The number of hydrogen-bond donors (Lipinski definition) is 0. The molecule has 0 N–H and O–H groups in total. The number of nitrogens with zero attached hydrogens (tertiary/aromatic N) is 1. The average molecular weight is 397 g/mol. The third-order valence-corrected chi connectivity index (χ3v) is 5.04. The van der Waals surface area contributed by atoms with Crippen molar-refractivity contribution >= 4 is 5.97 Å². The summed E-state index contributed by atoms with van der Waals surface area (Å²) in [5, 5.41) is 0. The highest BCUT2D eigenvalue weighted by Crippen LogP contribution is 2.42. The molecule has 1 aromatic carbocycles. The SMILES string of the molecule is CC(C)(C)OC(=O)C1(c2ccc(C#Cc3ccc(F)cn3)cc2F)CCCCC1. The number of carbonyl (C=O) groups excluding carboxylic acids is 1. The van der Waals surface area contributed by atoms with E-state index >= 15 is 4.39 Å². The van der Waals surface area contributed by atoms with E-state index in [9.17, 15) is 9.18 Å². The van der Waals surface area contributed by atoms with Crippen molar-refractivity contribution in [3.8, 4) is 11.8 Å². The van der Waals surface area contributed by atoms with Gasteiger partial charge in [0.1, 0.15) is 22.9 Å². The van der Waals surface area contributed by atoms with Gasteiger partial charge in [0.05, 0.1) is 11.6 Å². The summed E-state index contributed by atoms with van der Waals surface area (Å²) in [7, 11) is 0. The van der Waals surface area contributed by atoms with E-state index in [0.717, 1.165) is 25.5 Å². The Kier molecular flexibility index (Phi) is 6.02. The molecular weight excluding hydrogens is 372 g/mol. The van der Waals surface area contributed by atoms with Crippen LogP contribution in [0.4, 0.5) is 8.78 Å². The molecule has 0 aliphatic heterocycles. The smallest absolute Gasteiger partial charge is 0.317 e. The number of carbonyl (C=O) groups is 1. The molecular formula is C24H25F2NO2. The van der Waals surface area contributed by atoms with Crippen LogP contribution in [0.5, 0.6) is 0 Å². The van der Waals surface area contributed by atoms with Gasteiger partial charge >= 0.3 is 5.97 Å². The highest BCUT2D eigenvalue weighted by molar-refractivity contribution is 5.84. The molecule has 0 spiro atoms. The van der Waals surface area contributed by atoms with Crippen molar-refractivity contribution in [1.82, 2.24) is 4.98 Å². The Morgan fingerprint density at radius 1 is 1.07 bits per heavy atom. The molecule has 0 atom stereocenters. The minimum Gasteiger partial charge on any atom is -0.459 e. The van der Waals surface area contributed by atoms with E-state index in [1.807, 2.05) is 20.8 Å². The molecule has 1 aromatic heterocycles. The van der Waals surface area contributed by atoms with Crippen molar-refractivity contribution in [1.29, 1.82) is 0 Å². The van der Waals surface area contributed by atoms with Gasteiger partial charge in [0, 0.05) is 11.1 Å². The quantitative estimate of drug-likeness (QED) is 0.510. The average Bonchev–Trinajstić information content (AvgIpc) is 2.67. The minimum absolute atomic E-state index is 0.363. The molecule has 5 heteroatoms. The van der Waals surface area contributed by atoms with Crippen molar-refractivity contribution in [2.75, 3.05) is 0 Å². The molecule has 0 unspecified atom stereocenters. The van der Waals surface area contributed by atoms with Crippen LogP contribution < -0.4 is 0 Å².